The number of hydrogen-bond acceptors (Lipinski definition) is 4. The number of nitrogens with zero attached hydrogens (tertiary/aromatic N) is 2. The van der Waals surface area contributed by atoms with Crippen LogP contribution >= 0.6 is 0 Å². The fourth-order valence-electron chi connectivity index (χ4n) is 4.97. The van der Waals surface area contributed by atoms with Crippen LogP contribution in [0.1, 0.15) is 120 Å². The first-order valence-corrected chi connectivity index (χ1v) is 14.7. The lowest BCUT2D eigenvalue weighted by Crippen LogP contribution is -2.02. The summed E-state index contributed by atoms with van der Waals surface area (Å²) in [5.41, 5.74) is 3.48. The highest BCUT2D eigenvalue weighted by Crippen LogP contribution is 2.33. The van der Waals surface area contributed by atoms with Crippen LogP contribution in [0, 0.1) is 5.92 Å². The van der Waals surface area contributed by atoms with E-state index in [1.165, 1.54) is 95.5 Å². The number of ether oxygens (including phenoxy) is 1. The number of para-hydroxylation sites is 1. The summed E-state index contributed by atoms with van der Waals surface area (Å²) in [6, 6.07) is 8.53. The summed E-state index contributed by atoms with van der Waals surface area (Å²) < 4.78 is 6.08. The highest BCUT2D eigenvalue weighted by Gasteiger charge is 2.23. The molecule has 0 unspecified atom stereocenters. The molecule has 200 valence electrons. The average Bonchev–Trinajstić information content (AvgIpc) is 3.57. The molecule has 3 rings (SSSR count). The average molecular weight is 496 g/mol. The zero-order chi connectivity index (χ0) is 25.1. The summed E-state index contributed by atoms with van der Waals surface area (Å²) in [6.07, 6.45) is 27.4. The van der Waals surface area contributed by atoms with Crippen LogP contribution in [0.25, 0.3) is 0 Å². The van der Waals surface area contributed by atoms with E-state index in [-0.39, 0.29) is 0 Å². The highest BCUT2D eigenvalue weighted by molar-refractivity contribution is 5.84. The number of unbranched alkanes of at least 4 members (excludes halogenated alkanes) is 11. The number of imidazole rings is 1. The van der Waals surface area contributed by atoms with Crippen LogP contribution in [0.15, 0.2) is 41.9 Å². The van der Waals surface area contributed by atoms with Gasteiger partial charge in [0.1, 0.15) is 5.75 Å². The zero-order valence-corrected chi connectivity index (χ0v) is 22.4. The maximum atomic E-state index is 9.10. The van der Waals surface area contributed by atoms with E-state index in [1.807, 2.05) is 6.20 Å². The molecule has 1 heterocycles. The number of benzene rings is 1. The molecule has 0 spiro atoms. The quantitative estimate of drug-likeness (QED) is 0.0743. The third kappa shape index (κ3) is 12.6. The van der Waals surface area contributed by atoms with E-state index >= 15 is 0 Å². The van der Waals surface area contributed by atoms with Crippen LogP contribution in [0.2, 0.25) is 0 Å². The van der Waals surface area contributed by atoms with Crippen molar-refractivity contribution in [3.8, 4) is 5.75 Å². The second-order valence-electron chi connectivity index (χ2n) is 10.7. The Labute approximate surface area is 219 Å². The van der Waals surface area contributed by atoms with E-state index in [1.54, 1.807) is 6.33 Å². The van der Waals surface area contributed by atoms with Crippen molar-refractivity contribution in [2.45, 2.75) is 122 Å². The number of aromatic amines is 1. The van der Waals surface area contributed by atoms with Gasteiger partial charge in [0.05, 0.1) is 24.3 Å². The molecule has 1 fully saturated rings. The molecule has 2 N–H and O–H groups in total. The van der Waals surface area contributed by atoms with E-state index in [4.69, 9.17) is 9.94 Å². The molecule has 1 aromatic carbocycles. The van der Waals surface area contributed by atoms with Gasteiger partial charge in [-0.1, -0.05) is 87.6 Å². The van der Waals surface area contributed by atoms with Crippen LogP contribution in [-0.2, 0) is 12.8 Å². The van der Waals surface area contributed by atoms with Gasteiger partial charge in [-0.25, -0.2) is 4.98 Å². The molecule has 5 heteroatoms. The maximum Gasteiger partial charge on any atom is 0.122 e. The number of aryl methyl sites for hydroxylation is 2. The monoisotopic (exact) mass is 495 g/mol. The van der Waals surface area contributed by atoms with Gasteiger partial charge in [0, 0.05) is 6.20 Å². The summed E-state index contributed by atoms with van der Waals surface area (Å²) in [5.74, 6) is 1.88. The smallest absolute Gasteiger partial charge is 0.122 e. The molecular formula is C31H49N3O2. The minimum Gasteiger partial charge on any atom is -0.493 e. The fraction of sp³-hybridized carbons (Fsp3) is 0.677. The Balaban J connectivity index is 1.10. The van der Waals surface area contributed by atoms with Crippen molar-refractivity contribution in [3.05, 3.63) is 48.0 Å². The Morgan fingerprint density at radius 1 is 0.861 bits per heavy atom. The van der Waals surface area contributed by atoms with Crippen LogP contribution in [0.5, 0.6) is 5.75 Å². The molecule has 0 amide bonds. The lowest BCUT2D eigenvalue weighted by Gasteiger charge is -2.11. The number of oxime groups is 1. The normalized spacial score (nSPS) is 13.8. The number of H-pyrrole nitrogens is 1. The lowest BCUT2D eigenvalue weighted by molar-refractivity contribution is 0.307. The number of aromatic nitrogens is 2. The molecular weight excluding hydrogens is 446 g/mol. The third-order valence-electron chi connectivity index (χ3n) is 7.39. The van der Waals surface area contributed by atoms with Gasteiger partial charge in [0.2, 0.25) is 0 Å². The van der Waals surface area contributed by atoms with Crippen molar-refractivity contribution in [1.82, 2.24) is 9.97 Å². The Morgan fingerprint density at radius 2 is 1.53 bits per heavy atom. The summed E-state index contributed by atoms with van der Waals surface area (Å²) >= 11 is 0. The molecule has 36 heavy (non-hydrogen) atoms. The topological polar surface area (TPSA) is 70.5 Å². The molecule has 2 aromatic rings. The largest absolute Gasteiger partial charge is 0.493 e. The fourth-order valence-corrected chi connectivity index (χ4v) is 4.97. The molecule has 1 aliphatic rings. The van der Waals surface area contributed by atoms with E-state index in [9.17, 15) is 0 Å². The van der Waals surface area contributed by atoms with Gasteiger partial charge >= 0.3 is 0 Å². The molecule has 1 aliphatic carbocycles. The van der Waals surface area contributed by atoms with Crippen molar-refractivity contribution in [2.24, 2.45) is 11.1 Å². The second-order valence-corrected chi connectivity index (χ2v) is 10.7. The van der Waals surface area contributed by atoms with Crippen molar-refractivity contribution >= 4 is 5.71 Å². The molecule has 0 atom stereocenters. The second kappa shape index (κ2) is 18.0. The van der Waals surface area contributed by atoms with Gasteiger partial charge in [-0.2, -0.15) is 0 Å². The Morgan fingerprint density at radius 3 is 2.17 bits per heavy atom. The van der Waals surface area contributed by atoms with Crippen molar-refractivity contribution in [3.63, 3.8) is 0 Å². The molecule has 0 saturated heterocycles. The molecule has 0 aliphatic heterocycles. The number of rotatable bonds is 22. The minimum absolute atomic E-state index is 0.740. The van der Waals surface area contributed by atoms with Gasteiger partial charge in [0.15, 0.2) is 0 Å². The molecule has 1 aromatic heterocycles. The predicted molar refractivity (Wildman–Crippen MR) is 149 cm³/mol. The Kier molecular flexibility index (Phi) is 14.2. The van der Waals surface area contributed by atoms with Gasteiger partial charge < -0.3 is 14.9 Å². The first kappa shape index (κ1) is 28.3. The SMILES string of the molecule is ON=C(CCCCCCCCCCCCCCc1ccccc1OCCCc1c[nH]cn1)CC1CC1. The van der Waals surface area contributed by atoms with E-state index in [0.717, 1.165) is 61.8 Å². The summed E-state index contributed by atoms with van der Waals surface area (Å²) in [7, 11) is 0. The minimum atomic E-state index is 0.740. The first-order valence-electron chi connectivity index (χ1n) is 14.7. The third-order valence-corrected chi connectivity index (χ3v) is 7.39. The summed E-state index contributed by atoms with van der Waals surface area (Å²) in [6.45, 7) is 0.740. The number of hydrogen-bond donors (Lipinski definition) is 2. The Hall–Kier alpha value is -2.30. The first-order chi connectivity index (χ1) is 17.8. The van der Waals surface area contributed by atoms with Crippen LogP contribution in [0.4, 0.5) is 0 Å². The molecule has 0 bridgehead atoms. The Bertz CT molecular complexity index is 830. The van der Waals surface area contributed by atoms with E-state index < -0.39 is 0 Å². The van der Waals surface area contributed by atoms with Crippen LogP contribution in [0.3, 0.4) is 0 Å². The van der Waals surface area contributed by atoms with Gasteiger partial charge in [-0.15, -0.1) is 0 Å². The van der Waals surface area contributed by atoms with Crippen molar-refractivity contribution in [2.75, 3.05) is 6.61 Å². The highest BCUT2D eigenvalue weighted by atomic mass is 16.5. The summed E-state index contributed by atoms with van der Waals surface area (Å²) in [4.78, 5) is 7.28. The zero-order valence-electron chi connectivity index (χ0n) is 22.4. The van der Waals surface area contributed by atoms with Gasteiger partial charge in [-0.05, 0) is 75.3 Å². The van der Waals surface area contributed by atoms with Gasteiger partial charge in [-0.3, -0.25) is 0 Å². The molecule has 0 radical (unpaired) electrons. The lowest BCUT2D eigenvalue weighted by atomic mass is 10.0. The van der Waals surface area contributed by atoms with Crippen molar-refractivity contribution < 1.29 is 9.94 Å². The van der Waals surface area contributed by atoms with Crippen LogP contribution in [-0.4, -0.2) is 27.5 Å². The van der Waals surface area contributed by atoms with E-state index in [0.29, 0.717) is 0 Å². The van der Waals surface area contributed by atoms with E-state index in [2.05, 4.69) is 39.4 Å². The van der Waals surface area contributed by atoms with Crippen LogP contribution < -0.4 is 4.74 Å². The summed E-state index contributed by atoms with van der Waals surface area (Å²) in [5, 5.41) is 12.6. The van der Waals surface area contributed by atoms with Gasteiger partial charge in [0.25, 0.3) is 0 Å². The standard InChI is InChI=1S/C31H49N3O2/c35-34-29(24-27-21-22-27)18-12-10-8-6-4-2-1-3-5-7-9-11-16-28-17-13-14-20-31(28)36-23-15-19-30-25-32-26-33-30/h13-14,17,20,25-27,35H,1-12,15-16,18-19,21-24H2,(H,32,33). The number of nitrogens with one attached hydrogen (secondary N) is 1. The van der Waals surface area contributed by atoms with Crippen molar-refractivity contribution in [1.29, 1.82) is 0 Å². The molecule has 1 saturated carbocycles. The molecule has 5 nitrogen and oxygen atoms in total. The maximum absolute atomic E-state index is 9.10. The predicted octanol–water partition coefficient (Wildman–Crippen LogP) is 8.67.